The lowest BCUT2D eigenvalue weighted by atomic mass is 10.5. The first-order valence-corrected chi connectivity index (χ1v) is 2.70. The summed E-state index contributed by atoms with van der Waals surface area (Å²) in [6.07, 6.45) is 1.26. The summed E-state index contributed by atoms with van der Waals surface area (Å²) in [4.78, 5) is 16.9. The number of nitrogens with zero attached hydrogens (tertiary/aromatic N) is 1. The van der Waals surface area contributed by atoms with Crippen LogP contribution in [0.1, 0.15) is 5.82 Å². The van der Waals surface area contributed by atoms with Crippen LogP contribution in [0.15, 0.2) is 11.0 Å². The average molecular weight is 141 g/mol. The van der Waals surface area contributed by atoms with Gasteiger partial charge in [0.1, 0.15) is 11.5 Å². The molecule has 0 amide bonds. The molecule has 1 rings (SSSR count). The molecular formula is C5H7N3O2. The maximum atomic E-state index is 10.8. The molecule has 0 fully saturated rings. The fourth-order valence-electron chi connectivity index (χ4n) is 0.564. The molecular weight excluding hydrogens is 134 g/mol. The summed E-state index contributed by atoms with van der Waals surface area (Å²) in [5.74, 6) is 0.518. The highest BCUT2D eigenvalue weighted by Crippen LogP contribution is 1.91. The van der Waals surface area contributed by atoms with Crippen molar-refractivity contribution >= 4 is 5.69 Å². The number of aromatic amines is 1. The Bertz CT molecular complexity index is 280. The highest BCUT2D eigenvalue weighted by Gasteiger charge is 1.95. The highest BCUT2D eigenvalue weighted by molar-refractivity contribution is 5.34. The molecule has 10 heavy (non-hydrogen) atoms. The summed E-state index contributed by atoms with van der Waals surface area (Å²) in [6, 6.07) is 0. The van der Waals surface area contributed by atoms with Crippen molar-refractivity contribution in [2.45, 2.75) is 6.92 Å². The lowest BCUT2D eigenvalue weighted by molar-refractivity contribution is 0.387. The number of H-pyrrole nitrogens is 1. The minimum Gasteiger partial charge on any atom is -0.309 e. The lowest BCUT2D eigenvalue weighted by Gasteiger charge is -1.95. The fraction of sp³-hybridized carbons (Fsp3) is 0.200. The van der Waals surface area contributed by atoms with Crippen LogP contribution in [-0.4, -0.2) is 15.2 Å². The summed E-state index contributed by atoms with van der Waals surface area (Å²) in [7, 11) is 0. The molecule has 3 N–H and O–H groups in total. The third-order valence-electron chi connectivity index (χ3n) is 1.05. The van der Waals surface area contributed by atoms with E-state index in [-0.39, 0.29) is 11.2 Å². The van der Waals surface area contributed by atoms with E-state index in [0.29, 0.717) is 5.82 Å². The van der Waals surface area contributed by atoms with E-state index in [9.17, 15) is 4.79 Å². The third-order valence-corrected chi connectivity index (χ3v) is 1.05. The quantitative estimate of drug-likeness (QED) is 0.476. The smallest absolute Gasteiger partial charge is 0.276 e. The van der Waals surface area contributed by atoms with Gasteiger partial charge in [0.05, 0.1) is 6.20 Å². The van der Waals surface area contributed by atoms with Crippen molar-refractivity contribution in [1.82, 2.24) is 9.97 Å². The predicted octanol–water partition coefficient (Wildman–Crippen LogP) is -0.121. The van der Waals surface area contributed by atoms with Crippen molar-refractivity contribution in [3.05, 3.63) is 22.4 Å². The number of hydrogen-bond donors (Lipinski definition) is 3. The van der Waals surface area contributed by atoms with Gasteiger partial charge in [-0.3, -0.25) is 15.5 Å². The first-order valence-electron chi connectivity index (χ1n) is 2.70. The number of anilines is 1. The van der Waals surface area contributed by atoms with Crippen LogP contribution >= 0.6 is 0 Å². The summed E-state index contributed by atoms with van der Waals surface area (Å²) in [6.45, 7) is 1.66. The molecule has 5 nitrogen and oxygen atoms in total. The van der Waals surface area contributed by atoms with Gasteiger partial charge in [0.25, 0.3) is 5.56 Å². The summed E-state index contributed by atoms with van der Waals surface area (Å²) >= 11 is 0. The van der Waals surface area contributed by atoms with Crippen LogP contribution in [-0.2, 0) is 0 Å². The highest BCUT2D eigenvalue weighted by atomic mass is 16.5. The average Bonchev–Trinajstić information content (AvgIpc) is 1.88. The Morgan fingerprint density at radius 1 is 1.80 bits per heavy atom. The summed E-state index contributed by atoms with van der Waals surface area (Å²) in [5, 5.41) is 8.30. The Morgan fingerprint density at radius 3 is 3.00 bits per heavy atom. The number of hydrogen-bond acceptors (Lipinski definition) is 4. The number of nitrogens with one attached hydrogen (secondary N) is 2. The standard InChI is InChI=1S/C5H7N3O2/c1-3-6-2-4(8-10)5(9)7-3/h2,8,10H,1H3,(H,6,7,9). The van der Waals surface area contributed by atoms with E-state index in [2.05, 4.69) is 9.97 Å². The third kappa shape index (κ3) is 1.14. The molecule has 0 aromatic carbocycles. The molecule has 0 spiro atoms. The fourth-order valence-corrected chi connectivity index (χ4v) is 0.564. The first-order chi connectivity index (χ1) is 4.74. The van der Waals surface area contributed by atoms with Gasteiger partial charge in [-0.15, -0.1) is 0 Å². The van der Waals surface area contributed by atoms with Crippen LogP contribution < -0.4 is 11.0 Å². The molecule has 0 unspecified atom stereocenters. The second-order valence-electron chi connectivity index (χ2n) is 1.82. The van der Waals surface area contributed by atoms with E-state index < -0.39 is 0 Å². The molecule has 0 bridgehead atoms. The van der Waals surface area contributed by atoms with E-state index in [0.717, 1.165) is 0 Å². The molecule has 5 heteroatoms. The van der Waals surface area contributed by atoms with Gasteiger partial charge >= 0.3 is 0 Å². The first kappa shape index (κ1) is 6.76. The second-order valence-corrected chi connectivity index (χ2v) is 1.82. The van der Waals surface area contributed by atoms with Gasteiger partial charge < -0.3 is 4.98 Å². The van der Waals surface area contributed by atoms with Crippen LogP contribution in [0.4, 0.5) is 5.69 Å². The van der Waals surface area contributed by atoms with Gasteiger partial charge in [0.15, 0.2) is 0 Å². The van der Waals surface area contributed by atoms with E-state index in [4.69, 9.17) is 5.21 Å². The van der Waals surface area contributed by atoms with E-state index in [1.165, 1.54) is 6.20 Å². The van der Waals surface area contributed by atoms with Crippen molar-refractivity contribution < 1.29 is 5.21 Å². The van der Waals surface area contributed by atoms with Crippen molar-refractivity contribution in [2.24, 2.45) is 0 Å². The molecule has 0 atom stereocenters. The van der Waals surface area contributed by atoms with Gasteiger partial charge in [0, 0.05) is 0 Å². The minimum absolute atomic E-state index is 0.0469. The van der Waals surface area contributed by atoms with Crippen LogP contribution in [0.3, 0.4) is 0 Å². The van der Waals surface area contributed by atoms with Crippen molar-refractivity contribution in [1.29, 1.82) is 0 Å². The molecule has 0 saturated carbocycles. The SMILES string of the molecule is Cc1ncc(NO)c(=O)[nH]1. The monoisotopic (exact) mass is 141 g/mol. The molecule has 0 saturated heterocycles. The zero-order valence-corrected chi connectivity index (χ0v) is 5.38. The molecule has 0 radical (unpaired) electrons. The Morgan fingerprint density at radius 2 is 2.50 bits per heavy atom. The molecule has 0 aliphatic carbocycles. The predicted molar refractivity (Wildman–Crippen MR) is 35.0 cm³/mol. The zero-order valence-electron chi connectivity index (χ0n) is 5.38. The van der Waals surface area contributed by atoms with Gasteiger partial charge in [0.2, 0.25) is 0 Å². The van der Waals surface area contributed by atoms with Crippen LogP contribution in [0.5, 0.6) is 0 Å². The van der Waals surface area contributed by atoms with Gasteiger partial charge in [-0.05, 0) is 6.92 Å². The Hall–Kier alpha value is -1.36. The Labute approximate surface area is 56.7 Å². The molecule has 0 aliphatic rings. The zero-order chi connectivity index (χ0) is 7.56. The summed E-state index contributed by atoms with van der Waals surface area (Å²) < 4.78 is 0. The van der Waals surface area contributed by atoms with Crippen LogP contribution in [0.25, 0.3) is 0 Å². The molecule has 1 aromatic heterocycles. The minimum atomic E-state index is -0.380. The number of aromatic nitrogens is 2. The molecule has 0 aliphatic heterocycles. The van der Waals surface area contributed by atoms with Gasteiger partial charge in [-0.25, -0.2) is 4.98 Å². The van der Waals surface area contributed by atoms with Crippen LogP contribution in [0.2, 0.25) is 0 Å². The van der Waals surface area contributed by atoms with Crippen LogP contribution in [0, 0.1) is 6.92 Å². The molecule has 1 aromatic rings. The lowest BCUT2D eigenvalue weighted by Crippen LogP contribution is -2.13. The Balaban J connectivity index is 3.20. The van der Waals surface area contributed by atoms with E-state index in [1.54, 1.807) is 12.4 Å². The van der Waals surface area contributed by atoms with Crippen molar-refractivity contribution in [2.75, 3.05) is 5.48 Å². The normalized spacial score (nSPS) is 9.40. The van der Waals surface area contributed by atoms with Gasteiger partial charge in [-0.1, -0.05) is 0 Å². The van der Waals surface area contributed by atoms with Crippen molar-refractivity contribution in [3.8, 4) is 0 Å². The Kier molecular flexibility index (Phi) is 1.68. The van der Waals surface area contributed by atoms with E-state index in [1.807, 2.05) is 0 Å². The maximum absolute atomic E-state index is 10.8. The topological polar surface area (TPSA) is 78.0 Å². The molecule has 1 heterocycles. The largest absolute Gasteiger partial charge is 0.309 e. The summed E-state index contributed by atoms with van der Waals surface area (Å²) in [5.41, 5.74) is 1.38. The number of rotatable bonds is 1. The number of aryl methyl sites for hydroxylation is 1. The molecule has 54 valence electrons. The van der Waals surface area contributed by atoms with Gasteiger partial charge in [-0.2, -0.15) is 0 Å². The van der Waals surface area contributed by atoms with Crippen molar-refractivity contribution in [3.63, 3.8) is 0 Å². The maximum Gasteiger partial charge on any atom is 0.276 e. The second kappa shape index (κ2) is 2.49. The van der Waals surface area contributed by atoms with E-state index >= 15 is 0 Å².